The zero-order valence-corrected chi connectivity index (χ0v) is 20.5. The molecule has 0 bridgehead atoms. The van der Waals surface area contributed by atoms with Crippen LogP contribution in [-0.4, -0.2) is 19.6 Å². The summed E-state index contributed by atoms with van der Waals surface area (Å²) in [6.07, 6.45) is 25.8. The van der Waals surface area contributed by atoms with E-state index in [0.29, 0.717) is 6.54 Å². The summed E-state index contributed by atoms with van der Waals surface area (Å²) >= 11 is 0. The molecule has 0 fully saturated rings. The lowest BCUT2D eigenvalue weighted by atomic mass is 10.0. The number of unbranched alkanes of at least 4 members (excludes halogenated alkanes) is 14. The van der Waals surface area contributed by atoms with E-state index in [9.17, 15) is 0 Å². The van der Waals surface area contributed by atoms with Gasteiger partial charge in [0.25, 0.3) is 0 Å². The van der Waals surface area contributed by atoms with Crippen LogP contribution in [0.4, 0.5) is 5.69 Å². The molecule has 0 heterocycles. The lowest BCUT2D eigenvalue weighted by molar-refractivity contribution is 0.536. The number of hydrogen-bond acceptors (Lipinski definition) is 2. The summed E-state index contributed by atoms with van der Waals surface area (Å²) < 4.78 is 0. The van der Waals surface area contributed by atoms with Crippen molar-refractivity contribution in [1.29, 1.82) is 0 Å². The maximum absolute atomic E-state index is 5.77. The molecule has 1 aromatic rings. The van der Waals surface area contributed by atoms with Crippen LogP contribution >= 0.6 is 12.4 Å². The SMILES string of the molecule is CCCCCCCCCCCCCCCCC=CCN(CCN)c1ccccc1.Cl. The fraction of sp³-hybridized carbons (Fsp3) is 0.704. The molecule has 0 aliphatic carbocycles. The molecule has 0 atom stereocenters. The normalized spacial score (nSPS) is 11.0. The van der Waals surface area contributed by atoms with Gasteiger partial charge >= 0.3 is 0 Å². The van der Waals surface area contributed by atoms with E-state index < -0.39 is 0 Å². The van der Waals surface area contributed by atoms with Crippen LogP contribution in [0.15, 0.2) is 42.5 Å². The van der Waals surface area contributed by atoms with Gasteiger partial charge in [0, 0.05) is 25.3 Å². The molecule has 3 heteroatoms. The summed E-state index contributed by atoms with van der Waals surface area (Å²) in [5.74, 6) is 0. The lowest BCUT2D eigenvalue weighted by Gasteiger charge is -2.22. The highest BCUT2D eigenvalue weighted by Gasteiger charge is 2.02. The molecule has 1 rings (SSSR count). The summed E-state index contributed by atoms with van der Waals surface area (Å²) in [4.78, 5) is 2.35. The molecule has 2 nitrogen and oxygen atoms in total. The Kier molecular flexibility index (Phi) is 21.9. The first-order valence-electron chi connectivity index (χ1n) is 12.5. The van der Waals surface area contributed by atoms with Crippen LogP contribution in [0.25, 0.3) is 0 Å². The molecule has 0 aliphatic rings. The second-order valence-corrected chi connectivity index (χ2v) is 8.43. The van der Waals surface area contributed by atoms with Crippen molar-refractivity contribution < 1.29 is 0 Å². The van der Waals surface area contributed by atoms with E-state index in [0.717, 1.165) is 13.1 Å². The third-order valence-corrected chi connectivity index (χ3v) is 5.74. The Morgan fingerprint density at radius 3 is 1.70 bits per heavy atom. The Balaban J connectivity index is 0.00000841. The molecule has 2 N–H and O–H groups in total. The first-order chi connectivity index (χ1) is 14.4. The Bertz CT molecular complexity index is 475. The molecule has 0 saturated heterocycles. The lowest BCUT2D eigenvalue weighted by Crippen LogP contribution is -2.29. The summed E-state index contributed by atoms with van der Waals surface area (Å²) in [5.41, 5.74) is 7.03. The predicted octanol–water partition coefficient (Wildman–Crippen LogP) is 8.30. The number of nitrogens with zero attached hydrogens (tertiary/aromatic N) is 1. The van der Waals surface area contributed by atoms with Gasteiger partial charge < -0.3 is 10.6 Å². The number of nitrogens with two attached hydrogens (primary N) is 1. The van der Waals surface area contributed by atoms with E-state index >= 15 is 0 Å². The van der Waals surface area contributed by atoms with Gasteiger partial charge in [-0.05, 0) is 25.0 Å². The quantitative estimate of drug-likeness (QED) is 0.164. The van der Waals surface area contributed by atoms with Crippen LogP contribution in [0.2, 0.25) is 0 Å². The highest BCUT2D eigenvalue weighted by atomic mass is 35.5. The average Bonchev–Trinajstić information content (AvgIpc) is 2.75. The van der Waals surface area contributed by atoms with E-state index in [1.165, 1.54) is 102 Å². The van der Waals surface area contributed by atoms with Crippen molar-refractivity contribution in [3.05, 3.63) is 42.5 Å². The number of halogens is 1. The van der Waals surface area contributed by atoms with Crippen molar-refractivity contribution in [2.45, 2.75) is 103 Å². The van der Waals surface area contributed by atoms with Crippen LogP contribution in [-0.2, 0) is 0 Å². The standard InChI is InChI=1S/C27H48N2.ClH/c1-2-3-4-5-6-7-8-9-10-11-12-13-14-15-16-17-21-25-29(26-24-28)27-22-19-18-20-23-27;/h17-23H,2-16,24-26,28H2,1H3;1H. The largest absolute Gasteiger partial charge is 0.367 e. The summed E-state index contributed by atoms with van der Waals surface area (Å²) in [6, 6.07) is 10.6. The zero-order chi connectivity index (χ0) is 20.8. The molecule has 1 aromatic carbocycles. The summed E-state index contributed by atoms with van der Waals surface area (Å²) in [7, 11) is 0. The Labute approximate surface area is 194 Å². The second kappa shape index (κ2) is 22.7. The minimum Gasteiger partial charge on any atom is -0.367 e. The van der Waals surface area contributed by atoms with Crippen LogP contribution in [0.1, 0.15) is 103 Å². The monoisotopic (exact) mass is 436 g/mol. The molecular formula is C27H49ClN2. The highest BCUT2D eigenvalue weighted by Crippen LogP contribution is 2.14. The predicted molar refractivity (Wildman–Crippen MR) is 139 cm³/mol. The maximum atomic E-state index is 5.77. The van der Waals surface area contributed by atoms with Crippen molar-refractivity contribution in [3.63, 3.8) is 0 Å². The molecule has 0 unspecified atom stereocenters. The Morgan fingerprint density at radius 2 is 1.20 bits per heavy atom. The van der Waals surface area contributed by atoms with Crippen LogP contribution < -0.4 is 10.6 Å². The molecule has 30 heavy (non-hydrogen) atoms. The number of rotatable bonds is 20. The van der Waals surface area contributed by atoms with E-state index in [-0.39, 0.29) is 12.4 Å². The highest BCUT2D eigenvalue weighted by molar-refractivity contribution is 5.85. The van der Waals surface area contributed by atoms with Gasteiger partial charge in [0.2, 0.25) is 0 Å². The number of hydrogen-bond donors (Lipinski definition) is 1. The van der Waals surface area contributed by atoms with Gasteiger partial charge in [-0.3, -0.25) is 0 Å². The number of anilines is 1. The molecule has 0 radical (unpaired) electrons. The van der Waals surface area contributed by atoms with Crippen LogP contribution in [0.3, 0.4) is 0 Å². The molecule has 0 saturated carbocycles. The van der Waals surface area contributed by atoms with Crippen molar-refractivity contribution in [3.8, 4) is 0 Å². The number of allylic oxidation sites excluding steroid dienone is 1. The Hall–Kier alpha value is -0.990. The molecule has 0 aromatic heterocycles. The number of benzene rings is 1. The first-order valence-corrected chi connectivity index (χ1v) is 12.5. The van der Waals surface area contributed by atoms with E-state index in [4.69, 9.17) is 5.73 Å². The van der Waals surface area contributed by atoms with Gasteiger partial charge in [-0.2, -0.15) is 0 Å². The van der Waals surface area contributed by atoms with Gasteiger partial charge in [-0.1, -0.05) is 121 Å². The Morgan fingerprint density at radius 1 is 0.700 bits per heavy atom. The topological polar surface area (TPSA) is 29.3 Å². The maximum Gasteiger partial charge on any atom is 0.0369 e. The summed E-state index contributed by atoms with van der Waals surface area (Å²) in [5, 5.41) is 0. The van der Waals surface area contributed by atoms with Crippen LogP contribution in [0, 0.1) is 0 Å². The molecule has 0 amide bonds. The second-order valence-electron chi connectivity index (χ2n) is 8.43. The average molecular weight is 437 g/mol. The van der Waals surface area contributed by atoms with Gasteiger partial charge in [-0.15, -0.1) is 12.4 Å². The van der Waals surface area contributed by atoms with Crippen molar-refractivity contribution in [1.82, 2.24) is 0 Å². The molecule has 0 spiro atoms. The smallest absolute Gasteiger partial charge is 0.0369 e. The van der Waals surface area contributed by atoms with E-state index in [1.807, 2.05) is 0 Å². The molecular weight excluding hydrogens is 388 g/mol. The van der Waals surface area contributed by atoms with E-state index in [2.05, 4.69) is 54.3 Å². The fourth-order valence-corrected chi connectivity index (χ4v) is 3.90. The number of para-hydroxylation sites is 1. The zero-order valence-electron chi connectivity index (χ0n) is 19.7. The van der Waals surface area contributed by atoms with Crippen molar-refractivity contribution in [2.24, 2.45) is 5.73 Å². The third kappa shape index (κ3) is 16.8. The van der Waals surface area contributed by atoms with Gasteiger partial charge in [0.15, 0.2) is 0 Å². The minimum atomic E-state index is 0. The third-order valence-electron chi connectivity index (χ3n) is 5.74. The first kappa shape index (κ1) is 29.0. The minimum absolute atomic E-state index is 0. The van der Waals surface area contributed by atoms with Crippen molar-refractivity contribution in [2.75, 3.05) is 24.5 Å². The van der Waals surface area contributed by atoms with Crippen LogP contribution in [0.5, 0.6) is 0 Å². The van der Waals surface area contributed by atoms with Gasteiger partial charge in [-0.25, -0.2) is 0 Å². The van der Waals surface area contributed by atoms with E-state index in [1.54, 1.807) is 0 Å². The molecule has 0 aliphatic heterocycles. The summed E-state index contributed by atoms with van der Waals surface area (Å²) in [6.45, 7) is 4.86. The van der Waals surface area contributed by atoms with Crippen molar-refractivity contribution >= 4 is 18.1 Å². The fourth-order valence-electron chi connectivity index (χ4n) is 3.90. The van der Waals surface area contributed by atoms with Gasteiger partial charge in [0.05, 0.1) is 0 Å². The molecule has 174 valence electrons. The van der Waals surface area contributed by atoms with Gasteiger partial charge in [0.1, 0.15) is 0 Å².